The molecule has 2 rings (SSSR count). The molecule has 0 fully saturated rings. The van der Waals surface area contributed by atoms with Gasteiger partial charge in [0.15, 0.2) is 0 Å². The number of nitrogens with zero attached hydrogens (tertiary/aromatic N) is 3. The van der Waals surface area contributed by atoms with Gasteiger partial charge in [-0.25, -0.2) is 9.97 Å². The van der Waals surface area contributed by atoms with Crippen molar-refractivity contribution in [3.05, 3.63) is 29.2 Å². The molecule has 0 bridgehead atoms. The lowest BCUT2D eigenvalue weighted by atomic mass is 10.1. The van der Waals surface area contributed by atoms with E-state index in [1.54, 1.807) is 12.4 Å². The second kappa shape index (κ2) is 5.63. The van der Waals surface area contributed by atoms with E-state index in [9.17, 15) is 0 Å². The second-order valence-electron chi connectivity index (χ2n) is 4.28. The SMILES string of the molecule is CC(C)c1cnc(Cl)cc1Sc1cnc(N)nc1N. The molecular weight excluding hydrogens is 282 g/mol. The molecule has 7 heteroatoms. The minimum atomic E-state index is 0.165. The summed E-state index contributed by atoms with van der Waals surface area (Å²) < 4.78 is 0. The number of hydrogen-bond donors (Lipinski definition) is 2. The summed E-state index contributed by atoms with van der Waals surface area (Å²) in [6.45, 7) is 4.19. The van der Waals surface area contributed by atoms with Crippen LogP contribution >= 0.6 is 23.4 Å². The fourth-order valence-corrected chi connectivity index (χ4v) is 2.83. The van der Waals surface area contributed by atoms with Crippen LogP contribution in [-0.4, -0.2) is 15.0 Å². The summed E-state index contributed by atoms with van der Waals surface area (Å²) in [5.74, 6) is 0.863. The maximum atomic E-state index is 5.95. The zero-order valence-corrected chi connectivity index (χ0v) is 12.2. The molecular formula is C12H14ClN5S. The van der Waals surface area contributed by atoms with Gasteiger partial charge >= 0.3 is 0 Å². The Bertz CT molecular complexity index is 603. The third kappa shape index (κ3) is 3.27. The lowest BCUT2D eigenvalue weighted by molar-refractivity contribution is 0.832. The monoisotopic (exact) mass is 295 g/mol. The van der Waals surface area contributed by atoms with Crippen LogP contribution in [0.25, 0.3) is 0 Å². The van der Waals surface area contributed by atoms with Crippen LogP contribution in [0.2, 0.25) is 5.15 Å². The number of hydrogen-bond acceptors (Lipinski definition) is 6. The molecule has 0 amide bonds. The highest BCUT2D eigenvalue weighted by Gasteiger charge is 2.12. The number of pyridine rings is 1. The summed E-state index contributed by atoms with van der Waals surface area (Å²) in [5.41, 5.74) is 12.4. The van der Waals surface area contributed by atoms with E-state index in [1.165, 1.54) is 11.8 Å². The molecule has 0 aliphatic rings. The van der Waals surface area contributed by atoms with Gasteiger partial charge in [-0.15, -0.1) is 0 Å². The summed E-state index contributed by atoms with van der Waals surface area (Å²) in [6, 6.07) is 1.82. The molecule has 2 aromatic rings. The van der Waals surface area contributed by atoms with Crippen LogP contribution in [0.4, 0.5) is 11.8 Å². The lowest BCUT2D eigenvalue weighted by Gasteiger charge is -2.12. The predicted octanol–water partition coefficient (Wildman–Crippen LogP) is 2.96. The van der Waals surface area contributed by atoms with Crippen LogP contribution in [0.3, 0.4) is 0 Å². The first-order chi connectivity index (χ1) is 8.97. The molecule has 0 radical (unpaired) electrons. The Morgan fingerprint density at radius 2 is 1.89 bits per heavy atom. The van der Waals surface area contributed by atoms with Crippen LogP contribution < -0.4 is 11.5 Å². The molecule has 0 aliphatic carbocycles. The summed E-state index contributed by atoms with van der Waals surface area (Å²) in [5, 5.41) is 0.446. The van der Waals surface area contributed by atoms with E-state index < -0.39 is 0 Å². The van der Waals surface area contributed by atoms with Gasteiger partial charge in [0, 0.05) is 17.3 Å². The first-order valence-electron chi connectivity index (χ1n) is 5.68. The van der Waals surface area contributed by atoms with Crippen molar-refractivity contribution in [2.45, 2.75) is 29.6 Å². The average Bonchev–Trinajstić information content (AvgIpc) is 2.32. The fourth-order valence-electron chi connectivity index (χ4n) is 1.54. The van der Waals surface area contributed by atoms with Crippen LogP contribution in [0, 0.1) is 0 Å². The van der Waals surface area contributed by atoms with Crippen LogP contribution in [0.1, 0.15) is 25.3 Å². The van der Waals surface area contributed by atoms with Crippen LogP contribution in [0.15, 0.2) is 28.3 Å². The smallest absolute Gasteiger partial charge is 0.221 e. The Labute approximate surface area is 120 Å². The first kappa shape index (κ1) is 13.9. The van der Waals surface area contributed by atoms with Crippen LogP contribution in [-0.2, 0) is 0 Å². The van der Waals surface area contributed by atoms with Gasteiger partial charge in [-0.2, -0.15) is 4.98 Å². The summed E-state index contributed by atoms with van der Waals surface area (Å²) in [6.07, 6.45) is 3.39. The van der Waals surface area contributed by atoms with Gasteiger partial charge in [-0.1, -0.05) is 37.2 Å². The lowest BCUT2D eigenvalue weighted by Crippen LogP contribution is -2.01. The molecule has 100 valence electrons. The van der Waals surface area contributed by atoms with E-state index >= 15 is 0 Å². The molecule has 0 saturated carbocycles. The third-order valence-corrected chi connectivity index (χ3v) is 3.82. The summed E-state index contributed by atoms with van der Waals surface area (Å²) in [4.78, 5) is 13.7. The number of aromatic nitrogens is 3. The number of nitrogens with two attached hydrogens (primary N) is 2. The number of halogens is 1. The standard InChI is InChI=1S/C12H14ClN5S/c1-6(2)7-4-16-10(13)3-8(7)19-9-5-17-12(15)18-11(9)14/h3-6H,1-2H3,(H4,14,15,17,18). The van der Waals surface area contributed by atoms with E-state index in [0.717, 1.165) is 15.4 Å². The van der Waals surface area contributed by atoms with Gasteiger partial charge in [0.1, 0.15) is 11.0 Å². The van der Waals surface area contributed by atoms with Crippen molar-refractivity contribution in [2.24, 2.45) is 0 Å². The van der Waals surface area contributed by atoms with E-state index in [4.69, 9.17) is 23.1 Å². The Kier molecular flexibility index (Phi) is 4.11. The molecule has 4 N–H and O–H groups in total. The van der Waals surface area contributed by atoms with Gasteiger partial charge in [-0.05, 0) is 17.5 Å². The fraction of sp³-hybridized carbons (Fsp3) is 0.250. The Morgan fingerprint density at radius 3 is 2.53 bits per heavy atom. The molecule has 0 spiro atoms. The number of rotatable bonds is 3. The van der Waals surface area contributed by atoms with Gasteiger partial charge in [0.25, 0.3) is 0 Å². The van der Waals surface area contributed by atoms with Crippen molar-refractivity contribution in [3.63, 3.8) is 0 Å². The number of anilines is 2. The molecule has 0 saturated heterocycles. The molecule has 5 nitrogen and oxygen atoms in total. The third-order valence-electron chi connectivity index (χ3n) is 2.51. The van der Waals surface area contributed by atoms with E-state index in [2.05, 4.69) is 28.8 Å². The van der Waals surface area contributed by atoms with Crippen molar-refractivity contribution in [1.29, 1.82) is 0 Å². The van der Waals surface area contributed by atoms with Gasteiger partial charge in [0.05, 0.1) is 4.90 Å². The Hall–Kier alpha value is -1.53. The second-order valence-corrected chi connectivity index (χ2v) is 5.75. The molecule has 2 aromatic heterocycles. The van der Waals surface area contributed by atoms with E-state index in [-0.39, 0.29) is 5.95 Å². The average molecular weight is 296 g/mol. The normalized spacial score (nSPS) is 10.9. The van der Waals surface area contributed by atoms with Gasteiger partial charge in [-0.3, -0.25) is 0 Å². The van der Waals surface area contributed by atoms with E-state index in [1.807, 2.05) is 6.07 Å². The highest BCUT2D eigenvalue weighted by molar-refractivity contribution is 7.99. The summed E-state index contributed by atoms with van der Waals surface area (Å²) in [7, 11) is 0. The number of nitrogen functional groups attached to an aromatic ring is 2. The van der Waals surface area contributed by atoms with Crippen molar-refractivity contribution < 1.29 is 0 Å². The first-order valence-corrected chi connectivity index (χ1v) is 6.88. The summed E-state index contributed by atoms with van der Waals surface area (Å²) >= 11 is 7.41. The molecule has 2 heterocycles. The maximum absolute atomic E-state index is 5.95. The Balaban J connectivity index is 2.39. The van der Waals surface area contributed by atoms with E-state index in [0.29, 0.717) is 16.9 Å². The van der Waals surface area contributed by atoms with Crippen molar-refractivity contribution in [3.8, 4) is 0 Å². The highest BCUT2D eigenvalue weighted by atomic mass is 35.5. The molecule has 19 heavy (non-hydrogen) atoms. The zero-order chi connectivity index (χ0) is 14.0. The van der Waals surface area contributed by atoms with Crippen molar-refractivity contribution >= 4 is 35.1 Å². The Morgan fingerprint density at radius 1 is 1.16 bits per heavy atom. The molecule has 0 aromatic carbocycles. The quantitative estimate of drug-likeness (QED) is 0.846. The predicted molar refractivity (Wildman–Crippen MR) is 78.3 cm³/mol. The minimum Gasteiger partial charge on any atom is -0.383 e. The molecule has 0 aliphatic heterocycles. The highest BCUT2D eigenvalue weighted by Crippen LogP contribution is 2.36. The van der Waals surface area contributed by atoms with Crippen molar-refractivity contribution in [1.82, 2.24) is 15.0 Å². The zero-order valence-electron chi connectivity index (χ0n) is 10.6. The van der Waals surface area contributed by atoms with Crippen LogP contribution in [0.5, 0.6) is 0 Å². The largest absolute Gasteiger partial charge is 0.383 e. The maximum Gasteiger partial charge on any atom is 0.221 e. The van der Waals surface area contributed by atoms with Gasteiger partial charge in [0.2, 0.25) is 5.95 Å². The minimum absolute atomic E-state index is 0.165. The topological polar surface area (TPSA) is 90.7 Å². The van der Waals surface area contributed by atoms with Crippen molar-refractivity contribution in [2.75, 3.05) is 11.5 Å². The van der Waals surface area contributed by atoms with Gasteiger partial charge < -0.3 is 11.5 Å². The molecule has 0 unspecified atom stereocenters. The molecule has 0 atom stereocenters.